The maximum Gasteiger partial charge on any atom is 0.451 e. The van der Waals surface area contributed by atoms with E-state index in [-0.39, 0.29) is 37.5 Å². The Morgan fingerprint density at radius 1 is 1.08 bits per heavy atom. The molecule has 1 spiro atoms. The third kappa shape index (κ3) is 7.48. The fourth-order valence-electron chi connectivity index (χ4n) is 5.96. The second-order valence-corrected chi connectivity index (χ2v) is 13.3. The minimum absolute atomic E-state index is 0.148. The molecule has 1 aromatic rings. The molecule has 1 unspecified atom stereocenters. The van der Waals surface area contributed by atoms with Crippen molar-refractivity contribution < 1.29 is 26.3 Å². The molecule has 4 rings (SSSR count). The molecule has 2 saturated heterocycles. The van der Waals surface area contributed by atoms with Crippen LogP contribution in [0, 0.1) is 5.41 Å². The van der Waals surface area contributed by atoms with Gasteiger partial charge in [0.15, 0.2) is 0 Å². The van der Waals surface area contributed by atoms with Crippen molar-refractivity contribution in [1.82, 2.24) is 19.2 Å². The van der Waals surface area contributed by atoms with Gasteiger partial charge >= 0.3 is 6.18 Å². The van der Waals surface area contributed by atoms with Crippen LogP contribution in [-0.4, -0.2) is 106 Å². The van der Waals surface area contributed by atoms with Crippen molar-refractivity contribution in [2.75, 3.05) is 82.6 Å². The van der Waals surface area contributed by atoms with E-state index in [1.165, 1.54) is 23.6 Å². The van der Waals surface area contributed by atoms with E-state index in [2.05, 4.69) is 9.97 Å². The lowest BCUT2D eigenvalue weighted by Crippen LogP contribution is -2.50. The van der Waals surface area contributed by atoms with Gasteiger partial charge in [0.25, 0.3) is 0 Å². The number of morpholine rings is 1. The number of sulfonamides is 1. The summed E-state index contributed by atoms with van der Waals surface area (Å²) < 4.78 is 73.4. The molecule has 3 fully saturated rings. The van der Waals surface area contributed by atoms with Gasteiger partial charge in [-0.25, -0.2) is 18.4 Å². The first kappa shape index (κ1) is 29.3. The lowest BCUT2D eigenvalue weighted by atomic mass is 9.69. The average molecular weight is 563 g/mol. The molecule has 216 valence electrons. The molecule has 3 heterocycles. The minimum Gasteiger partial charge on any atom is -0.374 e. The number of rotatable bonds is 8. The Balaban J connectivity index is 1.64. The van der Waals surface area contributed by atoms with Crippen molar-refractivity contribution in [3.05, 3.63) is 11.9 Å². The Hall–Kier alpha value is -1.70. The highest BCUT2D eigenvalue weighted by Crippen LogP contribution is 2.44. The van der Waals surface area contributed by atoms with E-state index in [1.54, 1.807) is 11.0 Å². The van der Waals surface area contributed by atoms with E-state index < -0.39 is 28.1 Å². The minimum atomic E-state index is -4.69. The van der Waals surface area contributed by atoms with Gasteiger partial charge in [0.05, 0.1) is 19.0 Å². The SMILES string of the molecule is CN(C)CCN(CC1CN(S(C)(=O)=O)CCO1)c1cc(N2CCCC3(CCCCC3)C2)nc(C(F)(F)F)n1. The highest BCUT2D eigenvalue weighted by Gasteiger charge is 2.40. The van der Waals surface area contributed by atoms with Crippen LogP contribution in [0.2, 0.25) is 0 Å². The summed E-state index contributed by atoms with van der Waals surface area (Å²) in [7, 11) is 0.386. The van der Waals surface area contributed by atoms with Crippen LogP contribution >= 0.6 is 0 Å². The molecule has 1 atom stereocenters. The molecule has 1 aromatic heterocycles. The fourth-order valence-corrected chi connectivity index (χ4v) is 6.80. The van der Waals surface area contributed by atoms with Crippen LogP contribution in [-0.2, 0) is 20.9 Å². The Morgan fingerprint density at radius 3 is 2.45 bits per heavy atom. The number of aromatic nitrogens is 2. The molecule has 13 heteroatoms. The molecule has 38 heavy (non-hydrogen) atoms. The Labute approximate surface area is 224 Å². The molecular formula is C25H41F3N6O3S. The average Bonchev–Trinajstić information content (AvgIpc) is 2.86. The van der Waals surface area contributed by atoms with E-state index in [1.807, 2.05) is 23.9 Å². The first-order chi connectivity index (χ1) is 17.8. The van der Waals surface area contributed by atoms with E-state index in [0.29, 0.717) is 32.0 Å². The van der Waals surface area contributed by atoms with Crippen molar-refractivity contribution in [2.45, 2.75) is 57.2 Å². The number of piperidine rings is 1. The molecule has 0 bridgehead atoms. The first-order valence-corrected chi connectivity index (χ1v) is 15.4. The Kier molecular flexibility index (Phi) is 9.10. The van der Waals surface area contributed by atoms with Crippen LogP contribution in [0.15, 0.2) is 6.07 Å². The van der Waals surface area contributed by atoms with Crippen LogP contribution in [0.3, 0.4) is 0 Å². The molecule has 1 saturated carbocycles. The van der Waals surface area contributed by atoms with Gasteiger partial charge in [-0.15, -0.1) is 0 Å². The summed E-state index contributed by atoms with van der Waals surface area (Å²) in [6, 6.07) is 1.67. The maximum atomic E-state index is 14.0. The fraction of sp³-hybridized carbons (Fsp3) is 0.840. The molecule has 0 radical (unpaired) electrons. The van der Waals surface area contributed by atoms with Crippen molar-refractivity contribution in [1.29, 1.82) is 0 Å². The van der Waals surface area contributed by atoms with E-state index in [9.17, 15) is 21.6 Å². The third-order valence-electron chi connectivity index (χ3n) is 7.99. The number of anilines is 2. The van der Waals surface area contributed by atoms with Gasteiger partial charge < -0.3 is 19.4 Å². The predicted molar refractivity (Wildman–Crippen MR) is 141 cm³/mol. The van der Waals surface area contributed by atoms with Crippen LogP contribution in [0.25, 0.3) is 0 Å². The van der Waals surface area contributed by atoms with Gasteiger partial charge in [-0.1, -0.05) is 19.3 Å². The number of nitrogens with zero attached hydrogens (tertiary/aromatic N) is 6. The van der Waals surface area contributed by atoms with Crippen molar-refractivity contribution in [3.8, 4) is 0 Å². The zero-order valence-corrected chi connectivity index (χ0v) is 23.5. The molecule has 9 nitrogen and oxygen atoms in total. The Morgan fingerprint density at radius 2 is 1.79 bits per heavy atom. The number of likely N-dealkylation sites (N-methyl/N-ethyl adjacent to an activating group) is 1. The number of halogens is 3. The van der Waals surface area contributed by atoms with E-state index in [4.69, 9.17) is 4.74 Å². The topological polar surface area (TPSA) is 82.1 Å². The summed E-state index contributed by atoms with van der Waals surface area (Å²) in [6.45, 7) is 3.24. The summed E-state index contributed by atoms with van der Waals surface area (Å²) in [6.07, 6.45) is 3.79. The molecule has 0 N–H and O–H groups in total. The Bertz CT molecular complexity index is 1040. The third-order valence-corrected chi connectivity index (χ3v) is 9.26. The highest BCUT2D eigenvalue weighted by molar-refractivity contribution is 7.88. The highest BCUT2D eigenvalue weighted by atomic mass is 32.2. The summed E-state index contributed by atoms with van der Waals surface area (Å²) >= 11 is 0. The van der Waals surface area contributed by atoms with Crippen LogP contribution in [0.5, 0.6) is 0 Å². The number of ether oxygens (including phenoxy) is 1. The lowest BCUT2D eigenvalue weighted by molar-refractivity contribution is -0.144. The number of alkyl halides is 3. The normalized spacial score (nSPS) is 23.2. The van der Waals surface area contributed by atoms with Gasteiger partial charge in [-0.3, -0.25) is 0 Å². The second-order valence-electron chi connectivity index (χ2n) is 11.4. The zero-order valence-electron chi connectivity index (χ0n) is 22.7. The van der Waals surface area contributed by atoms with E-state index in [0.717, 1.165) is 31.9 Å². The number of hydrogen-bond donors (Lipinski definition) is 0. The second kappa shape index (κ2) is 11.8. The molecule has 2 aliphatic heterocycles. The van der Waals surface area contributed by atoms with Gasteiger partial charge in [-0.2, -0.15) is 17.5 Å². The maximum absolute atomic E-state index is 14.0. The first-order valence-electron chi connectivity index (χ1n) is 13.5. The quantitative estimate of drug-likeness (QED) is 0.478. The number of hydrogen-bond acceptors (Lipinski definition) is 8. The summed E-state index contributed by atoms with van der Waals surface area (Å²) in [5.74, 6) is -0.651. The van der Waals surface area contributed by atoms with Gasteiger partial charge in [0.1, 0.15) is 11.6 Å². The molecule has 0 amide bonds. The summed E-state index contributed by atoms with van der Waals surface area (Å²) in [5, 5.41) is 0. The van der Waals surface area contributed by atoms with Crippen molar-refractivity contribution >= 4 is 21.7 Å². The van der Waals surface area contributed by atoms with Gasteiger partial charge in [0.2, 0.25) is 15.8 Å². The monoisotopic (exact) mass is 562 g/mol. The zero-order chi connectivity index (χ0) is 27.6. The molecule has 3 aliphatic rings. The molecular weight excluding hydrogens is 521 g/mol. The largest absolute Gasteiger partial charge is 0.451 e. The molecule has 1 aliphatic carbocycles. The van der Waals surface area contributed by atoms with Crippen molar-refractivity contribution in [2.24, 2.45) is 5.41 Å². The van der Waals surface area contributed by atoms with Gasteiger partial charge in [0, 0.05) is 51.9 Å². The smallest absolute Gasteiger partial charge is 0.374 e. The lowest BCUT2D eigenvalue weighted by Gasteiger charge is -2.46. The predicted octanol–water partition coefficient (Wildman–Crippen LogP) is 3.07. The van der Waals surface area contributed by atoms with Gasteiger partial charge in [-0.05, 0) is 45.2 Å². The standard InChI is InChI=1S/C25H41F3N6O3S/c1-31(2)12-13-32(17-20-18-34(14-15-37-20)38(3,35)36)21-16-22(30-23(29-21)25(26,27)28)33-11-7-10-24(19-33)8-5-4-6-9-24/h16,20H,4-15,17-19H2,1-3H3. The van der Waals surface area contributed by atoms with E-state index >= 15 is 0 Å². The summed E-state index contributed by atoms with van der Waals surface area (Å²) in [5.41, 5.74) is 0.148. The van der Waals surface area contributed by atoms with Crippen LogP contribution in [0.1, 0.15) is 50.8 Å². The van der Waals surface area contributed by atoms with Crippen LogP contribution < -0.4 is 9.80 Å². The van der Waals surface area contributed by atoms with Crippen molar-refractivity contribution in [3.63, 3.8) is 0 Å². The summed E-state index contributed by atoms with van der Waals surface area (Å²) in [4.78, 5) is 13.7. The van der Waals surface area contributed by atoms with Crippen LogP contribution in [0.4, 0.5) is 24.8 Å². The molecule has 0 aromatic carbocycles.